The lowest BCUT2D eigenvalue weighted by Gasteiger charge is -2.30. The van der Waals surface area contributed by atoms with Crippen LogP contribution in [-0.2, 0) is 18.4 Å². The number of aliphatic hydroxyl groups excluding tert-OH is 1. The average Bonchev–Trinajstić information content (AvgIpc) is 3.29. The van der Waals surface area contributed by atoms with Crippen molar-refractivity contribution in [2.75, 3.05) is 40.9 Å². The van der Waals surface area contributed by atoms with Gasteiger partial charge in [-0.1, -0.05) is 262 Å². The number of rotatable bonds is 53. The summed E-state index contributed by atoms with van der Waals surface area (Å²) in [6, 6.07) is -0.810. The normalized spacial score (nSPS) is 14.2. The van der Waals surface area contributed by atoms with Crippen LogP contribution in [0.2, 0.25) is 0 Å². The summed E-state index contributed by atoms with van der Waals surface area (Å²) in [5, 5.41) is 14.0. The fourth-order valence-corrected chi connectivity index (χ4v) is 9.37. The van der Waals surface area contributed by atoms with Crippen LogP contribution in [0.3, 0.4) is 0 Å². The summed E-state index contributed by atoms with van der Waals surface area (Å²) in [6.45, 7) is 4.62. The van der Waals surface area contributed by atoms with Crippen molar-refractivity contribution in [2.45, 2.75) is 289 Å². The van der Waals surface area contributed by atoms with Crippen LogP contribution >= 0.6 is 7.82 Å². The topological polar surface area (TPSA) is 108 Å². The van der Waals surface area contributed by atoms with Crippen molar-refractivity contribution in [1.82, 2.24) is 5.32 Å². The van der Waals surface area contributed by atoms with E-state index in [1.165, 1.54) is 173 Å². The summed E-state index contributed by atoms with van der Waals surface area (Å²) < 4.78 is 23.4. The third kappa shape index (κ3) is 52.4. The Morgan fingerprint density at radius 3 is 1.33 bits per heavy atom. The fourth-order valence-electron chi connectivity index (χ4n) is 8.65. The number of phosphoric ester groups is 1. The number of likely N-dealkylation sites (N-methyl/N-ethyl adjacent to an activating group) is 1. The molecule has 8 nitrogen and oxygen atoms in total. The maximum absolute atomic E-state index is 12.9. The number of nitrogens with one attached hydrogen (secondary N) is 1. The molecule has 67 heavy (non-hydrogen) atoms. The first-order chi connectivity index (χ1) is 32.5. The summed E-state index contributed by atoms with van der Waals surface area (Å²) in [6.07, 6.45) is 63.4. The standard InChI is InChI=1S/C58H113N2O6P/c1-6-8-10-12-14-16-18-20-22-23-24-25-26-27-28-29-30-31-32-33-34-35-36-38-39-41-43-45-47-49-51-57(61)56(55-66-67(63,64)65-54-53-60(3,4)5)59-58(62)52-50-48-46-44-42-40-37-21-19-17-15-13-11-9-7-2/h9,11,15,17,21,37,56-57,61H,6-8,10,12-14,16,18-20,22-36,38-55H2,1-5H3,(H-,59,62,63,64)/b11-9-,17-15-,37-21-. The lowest BCUT2D eigenvalue weighted by Crippen LogP contribution is -2.46. The lowest BCUT2D eigenvalue weighted by molar-refractivity contribution is -0.870. The van der Waals surface area contributed by atoms with Gasteiger partial charge in [-0.15, -0.1) is 0 Å². The first kappa shape index (κ1) is 65.7. The summed E-state index contributed by atoms with van der Waals surface area (Å²) in [5.41, 5.74) is 0. The van der Waals surface area contributed by atoms with Gasteiger partial charge in [-0.2, -0.15) is 0 Å². The highest BCUT2D eigenvalue weighted by atomic mass is 31.2. The third-order valence-corrected chi connectivity index (χ3v) is 14.1. The van der Waals surface area contributed by atoms with Gasteiger partial charge in [0, 0.05) is 6.42 Å². The molecule has 2 N–H and O–H groups in total. The number of hydrogen-bond acceptors (Lipinski definition) is 6. The van der Waals surface area contributed by atoms with E-state index in [0.717, 1.165) is 77.0 Å². The van der Waals surface area contributed by atoms with Crippen LogP contribution in [0.15, 0.2) is 36.5 Å². The molecule has 0 aromatic heterocycles. The molecule has 0 radical (unpaired) electrons. The van der Waals surface area contributed by atoms with Gasteiger partial charge in [0.25, 0.3) is 7.82 Å². The lowest BCUT2D eigenvalue weighted by atomic mass is 10.0. The monoisotopic (exact) mass is 965 g/mol. The number of phosphoric acid groups is 1. The van der Waals surface area contributed by atoms with E-state index < -0.39 is 20.0 Å². The van der Waals surface area contributed by atoms with E-state index in [0.29, 0.717) is 23.9 Å². The van der Waals surface area contributed by atoms with E-state index in [9.17, 15) is 19.4 Å². The minimum Gasteiger partial charge on any atom is -0.756 e. The molecule has 0 saturated heterocycles. The predicted molar refractivity (Wildman–Crippen MR) is 288 cm³/mol. The van der Waals surface area contributed by atoms with Crippen molar-refractivity contribution in [1.29, 1.82) is 0 Å². The summed E-state index contributed by atoms with van der Waals surface area (Å²) in [7, 11) is 1.30. The number of amides is 1. The molecule has 0 spiro atoms. The van der Waals surface area contributed by atoms with E-state index in [-0.39, 0.29) is 19.1 Å². The van der Waals surface area contributed by atoms with Crippen LogP contribution in [0.5, 0.6) is 0 Å². The molecule has 0 aromatic carbocycles. The van der Waals surface area contributed by atoms with Crippen LogP contribution in [0.1, 0.15) is 277 Å². The number of carbonyl (C=O) groups is 1. The third-order valence-electron chi connectivity index (χ3n) is 13.1. The SMILES string of the molecule is CC/C=C\C/C=C\C/C=C\CCCCCCCC(=O)NC(COP(=O)([O-])OCC[N+](C)(C)C)C(O)CCCCCCCCCCCCCCCCCCCCCCCCCCCCCCCC. The number of quaternary nitrogens is 1. The number of unbranched alkanes of at least 4 members (excludes halogenated alkanes) is 34. The maximum Gasteiger partial charge on any atom is 0.268 e. The zero-order valence-electron chi connectivity index (χ0n) is 45.1. The second-order valence-electron chi connectivity index (χ2n) is 21.0. The van der Waals surface area contributed by atoms with E-state index in [1.54, 1.807) is 0 Å². The van der Waals surface area contributed by atoms with Crippen molar-refractivity contribution < 1.29 is 32.9 Å². The van der Waals surface area contributed by atoms with Gasteiger partial charge < -0.3 is 28.8 Å². The summed E-state index contributed by atoms with van der Waals surface area (Å²) >= 11 is 0. The average molecular weight is 966 g/mol. The van der Waals surface area contributed by atoms with Gasteiger partial charge in [0.15, 0.2) is 0 Å². The minimum absolute atomic E-state index is 0.00829. The van der Waals surface area contributed by atoms with Crippen LogP contribution in [0, 0.1) is 0 Å². The Balaban J connectivity index is 4.06. The molecule has 0 aliphatic rings. The number of aliphatic hydroxyl groups is 1. The molecular formula is C58H113N2O6P. The Kier molecular flexibility index (Phi) is 48.7. The Hall–Kier alpha value is -1.28. The molecule has 1 amide bonds. The van der Waals surface area contributed by atoms with Crippen LogP contribution < -0.4 is 10.2 Å². The van der Waals surface area contributed by atoms with Crippen molar-refractivity contribution in [3.63, 3.8) is 0 Å². The first-order valence-corrected chi connectivity index (χ1v) is 30.3. The molecule has 0 aliphatic carbocycles. The van der Waals surface area contributed by atoms with Gasteiger partial charge in [0.05, 0.1) is 39.9 Å². The molecule has 3 unspecified atom stereocenters. The highest BCUT2D eigenvalue weighted by Crippen LogP contribution is 2.38. The number of allylic oxidation sites excluding steroid dienone is 6. The minimum atomic E-state index is -4.58. The smallest absolute Gasteiger partial charge is 0.268 e. The molecule has 0 heterocycles. The Morgan fingerprint density at radius 2 is 0.910 bits per heavy atom. The largest absolute Gasteiger partial charge is 0.756 e. The van der Waals surface area contributed by atoms with Crippen LogP contribution in [-0.4, -0.2) is 68.5 Å². The van der Waals surface area contributed by atoms with Crippen molar-refractivity contribution in [3.8, 4) is 0 Å². The molecule has 0 fully saturated rings. The Bertz CT molecular complexity index is 1190. The fraction of sp³-hybridized carbons (Fsp3) is 0.879. The Labute approximate surface area is 417 Å². The highest BCUT2D eigenvalue weighted by molar-refractivity contribution is 7.45. The van der Waals surface area contributed by atoms with Gasteiger partial charge in [-0.05, 0) is 44.9 Å². The molecule has 0 rings (SSSR count). The van der Waals surface area contributed by atoms with E-state index in [2.05, 4.69) is 55.6 Å². The zero-order chi connectivity index (χ0) is 49.2. The van der Waals surface area contributed by atoms with E-state index >= 15 is 0 Å². The second-order valence-corrected chi connectivity index (χ2v) is 22.4. The molecular weight excluding hydrogens is 852 g/mol. The quantitative estimate of drug-likeness (QED) is 0.0272. The number of carbonyl (C=O) groups excluding carboxylic acids is 1. The van der Waals surface area contributed by atoms with Crippen molar-refractivity contribution in [3.05, 3.63) is 36.5 Å². The van der Waals surface area contributed by atoms with Crippen molar-refractivity contribution in [2.24, 2.45) is 0 Å². The molecule has 0 aliphatic heterocycles. The van der Waals surface area contributed by atoms with Gasteiger partial charge in [0.2, 0.25) is 5.91 Å². The van der Waals surface area contributed by atoms with Crippen LogP contribution in [0.4, 0.5) is 0 Å². The van der Waals surface area contributed by atoms with Crippen LogP contribution in [0.25, 0.3) is 0 Å². The maximum atomic E-state index is 12.9. The predicted octanol–water partition coefficient (Wildman–Crippen LogP) is 16.7. The van der Waals surface area contributed by atoms with Gasteiger partial charge in [0.1, 0.15) is 13.2 Å². The van der Waals surface area contributed by atoms with E-state index in [1.807, 2.05) is 21.1 Å². The molecule has 0 aromatic rings. The highest BCUT2D eigenvalue weighted by Gasteiger charge is 2.24. The van der Waals surface area contributed by atoms with Crippen molar-refractivity contribution >= 4 is 13.7 Å². The van der Waals surface area contributed by atoms with E-state index in [4.69, 9.17) is 9.05 Å². The molecule has 0 saturated carbocycles. The molecule has 3 atom stereocenters. The number of hydrogen-bond donors (Lipinski definition) is 2. The van der Waals surface area contributed by atoms with Gasteiger partial charge in [-0.3, -0.25) is 9.36 Å². The molecule has 9 heteroatoms. The second kappa shape index (κ2) is 49.7. The Morgan fingerprint density at radius 1 is 0.537 bits per heavy atom. The first-order valence-electron chi connectivity index (χ1n) is 28.8. The molecule has 0 bridgehead atoms. The van der Waals surface area contributed by atoms with Gasteiger partial charge in [-0.25, -0.2) is 0 Å². The molecule has 396 valence electrons. The number of nitrogens with zero attached hydrogens (tertiary/aromatic N) is 1. The summed E-state index contributed by atoms with van der Waals surface area (Å²) in [4.78, 5) is 25.5. The zero-order valence-corrected chi connectivity index (χ0v) is 46.0. The summed E-state index contributed by atoms with van der Waals surface area (Å²) in [5.74, 6) is -0.179. The van der Waals surface area contributed by atoms with Gasteiger partial charge >= 0.3 is 0 Å².